The molecular formula is C17H7FeN3O-10. The number of hydrazone groups is 1. The van der Waals surface area contributed by atoms with Crippen molar-refractivity contribution < 1.29 is 21.9 Å². The molecule has 114 valence electrons. The maximum atomic E-state index is 11.5. The van der Waals surface area contributed by atoms with Crippen molar-refractivity contribution in [2.24, 2.45) is 5.10 Å². The monoisotopic (exact) mass is 325 g/mol. The summed E-state index contributed by atoms with van der Waals surface area (Å²) >= 11 is 0. The van der Waals surface area contributed by atoms with Gasteiger partial charge in [-0.25, -0.2) is 0 Å². The second kappa shape index (κ2) is 10.3. The van der Waals surface area contributed by atoms with Crippen molar-refractivity contribution in [1.29, 1.82) is 0 Å². The minimum atomic E-state index is -0.293. The zero-order valence-corrected chi connectivity index (χ0v) is 12.2. The van der Waals surface area contributed by atoms with Gasteiger partial charge in [-0.15, -0.1) is 0 Å². The summed E-state index contributed by atoms with van der Waals surface area (Å²) in [7, 11) is 0. The topological polar surface area (TPSA) is 54.4 Å². The number of aromatic nitrogens is 1. The molecule has 0 aliphatic carbocycles. The first-order valence-corrected chi connectivity index (χ1v) is 5.81. The van der Waals surface area contributed by atoms with Gasteiger partial charge in [0.15, 0.2) is 0 Å². The van der Waals surface area contributed by atoms with Crippen molar-refractivity contribution in [3.8, 4) is 0 Å². The van der Waals surface area contributed by atoms with Crippen LogP contribution in [0.1, 0.15) is 15.9 Å². The van der Waals surface area contributed by atoms with Crippen LogP contribution in [-0.2, 0) is 17.1 Å². The Morgan fingerprint density at radius 1 is 1.18 bits per heavy atom. The van der Waals surface area contributed by atoms with Crippen molar-refractivity contribution in [2.45, 2.75) is 0 Å². The summed E-state index contributed by atoms with van der Waals surface area (Å²) in [5.41, 5.74) is 3.47. The molecule has 1 aromatic heterocycles. The number of nitrogens with one attached hydrogen (secondary N) is 1. The molecule has 0 aliphatic rings. The van der Waals surface area contributed by atoms with Crippen LogP contribution in [0.2, 0.25) is 0 Å². The van der Waals surface area contributed by atoms with Crippen molar-refractivity contribution in [3.05, 3.63) is 90.3 Å². The Balaban J connectivity index is 0.000000344. The van der Waals surface area contributed by atoms with Gasteiger partial charge < -0.3 is 71.5 Å². The largest absolute Gasteiger partial charge is 0.999 e. The summed E-state index contributed by atoms with van der Waals surface area (Å²) in [5, 5.41) is 3.74. The number of pyridine rings is 1. The first-order valence-electron chi connectivity index (χ1n) is 5.81. The molecule has 0 spiro atoms. The van der Waals surface area contributed by atoms with Gasteiger partial charge in [-0.05, 0) is 12.1 Å². The van der Waals surface area contributed by atoms with Crippen LogP contribution in [-0.4, -0.2) is 17.1 Å². The van der Waals surface area contributed by atoms with Crippen molar-refractivity contribution >= 4 is 12.1 Å². The standard InChI is InChI=1S/C12H6N3O.C5H.Fe/c16-12(11-5-7-13-8-6-11)15-14-9-10-3-1-2-4-10;1-2-4-5-3-1;/h5-9H,(H,15,16);1H;/q2*-5;/b14-9-;;. The van der Waals surface area contributed by atoms with Gasteiger partial charge in [0.25, 0.3) is 5.91 Å². The van der Waals surface area contributed by atoms with E-state index >= 15 is 0 Å². The SMILES string of the molecule is O=C(N/N=C\[c-]1[c-][c-][c-][c-]1)c1ccncc1.[Fe].[c-]1[c-][c-][cH-][c-]1. The van der Waals surface area contributed by atoms with Crippen LogP contribution >= 0.6 is 0 Å². The third-order valence-corrected chi connectivity index (χ3v) is 2.11. The van der Waals surface area contributed by atoms with Crippen LogP contribution in [0, 0.1) is 48.5 Å². The minimum absolute atomic E-state index is 0. The molecular weight excluding hydrogens is 318 g/mol. The maximum Gasteiger partial charge on any atom is 0.269 e. The van der Waals surface area contributed by atoms with Gasteiger partial charge >= 0.3 is 0 Å². The second-order valence-corrected chi connectivity index (χ2v) is 3.53. The molecule has 0 saturated heterocycles. The van der Waals surface area contributed by atoms with E-state index in [1.54, 1.807) is 30.6 Å². The van der Waals surface area contributed by atoms with Gasteiger partial charge in [-0.3, -0.25) is 15.2 Å². The van der Waals surface area contributed by atoms with E-state index in [4.69, 9.17) is 0 Å². The van der Waals surface area contributed by atoms with Gasteiger partial charge in [0, 0.05) is 35.0 Å². The van der Waals surface area contributed by atoms with E-state index in [2.05, 4.69) is 64.0 Å². The Bertz CT molecular complexity index is 629. The van der Waals surface area contributed by atoms with Crippen molar-refractivity contribution in [2.75, 3.05) is 0 Å². The van der Waals surface area contributed by atoms with E-state index < -0.39 is 0 Å². The fraction of sp³-hybridized carbons (Fsp3) is 0. The van der Waals surface area contributed by atoms with Gasteiger partial charge in [0.1, 0.15) is 0 Å². The van der Waals surface area contributed by atoms with E-state index in [0.29, 0.717) is 11.1 Å². The number of hydrogen-bond acceptors (Lipinski definition) is 3. The summed E-state index contributed by atoms with van der Waals surface area (Å²) in [5.74, 6) is -0.293. The Labute approximate surface area is 140 Å². The molecule has 0 atom stereocenters. The van der Waals surface area contributed by atoms with E-state index in [9.17, 15) is 4.79 Å². The summed E-state index contributed by atoms with van der Waals surface area (Å²) < 4.78 is 0. The number of carbonyl (C=O) groups is 1. The fourth-order valence-electron chi connectivity index (χ4n) is 1.20. The Morgan fingerprint density at radius 3 is 2.36 bits per heavy atom. The van der Waals surface area contributed by atoms with E-state index in [1.807, 2.05) is 0 Å². The third kappa shape index (κ3) is 6.31. The molecule has 1 N–H and O–H groups in total. The average Bonchev–Trinajstić information content (AvgIpc) is 3.24. The van der Waals surface area contributed by atoms with Crippen LogP contribution in [0.3, 0.4) is 0 Å². The second-order valence-electron chi connectivity index (χ2n) is 3.53. The fourth-order valence-corrected chi connectivity index (χ4v) is 1.20. The number of carbonyl (C=O) groups excluding carboxylic acids is 1. The molecule has 4 nitrogen and oxygen atoms in total. The molecule has 3 rings (SSSR count). The maximum absolute atomic E-state index is 11.5. The van der Waals surface area contributed by atoms with Gasteiger partial charge in [0.2, 0.25) is 0 Å². The van der Waals surface area contributed by atoms with Crippen molar-refractivity contribution in [1.82, 2.24) is 10.4 Å². The molecule has 22 heavy (non-hydrogen) atoms. The normalized spacial score (nSPS) is 9.45. The first-order chi connectivity index (χ1) is 10.4. The predicted octanol–water partition coefficient (Wildman–Crippen LogP) is 1.37. The number of rotatable bonds is 3. The number of amides is 1. The van der Waals surface area contributed by atoms with Crippen LogP contribution < -0.4 is 5.43 Å². The van der Waals surface area contributed by atoms with Gasteiger partial charge in [-0.1, -0.05) is 0 Å². The molecule has 3 aromatic rings. The Morgan fingerprint density at radius 2 is 1.82 bits per heavy atom. The Hall–Kier alpha value is -2.49. The van der Waals surface area contributed by atoms with E-state index in [0.717, 1.165) is 0 Å². The van der Waals surface area contributed by atoms with Gasteiger partial charge in [-0.2, -0.15) is 0 Å². The third-order valence-electron chi connectivity index (χ3n) is 2.11. The molecule has 0 saturated carbocycles. The van der Waals surface area contributed by atoms with Gasteiger partial charge in [0.05, 0.1) is 0 Å². The minimum Gasteiger partial charge on any atom is -0.999 e. The summed E-state index contributed by atoms with van der Waals surface area (Å²) in [6.07, 6.45) is 4.51. The average molecular weight is 325 g/mol. The summed E-state index contributed by atoms with van der Waals surface area (Å²) in [6, 6.07) is 25.8. The summed E-state index contributed by atoms with van der Waals surface area (Å²) in [6.45, 7) is 0. The first kappa shape index (κ1) is 17.6. The molecule has 1 amide bonds. The molecule has 0 radical (unpaired) electrons. The molecule has 0 fully saturated rings. The quantitative estimate of drug-likeness (QED) is 0.342. The van der Waals surface area contributed by atoms with Crippen molar-refractivity contribution in [3.63, 3.8) is 0 Å². The molecule has 2 aromatic carbocycles. The number of nitrogens with zero attached hydrogens (tertiary/aromatic N) is 2. The zero-order chi connectivity index (χ0) is 14.8. The summed E-state index contributed by atoms with van der Waals surface area (Å²) in [4.78, 5) is 15.3. The van der Waals surface area contributed by atoms with E-state index in [1.165, 1.54) is 6.21 Å². The van der Waals surface area contributed by atoms with Crippen LogP contribution in [0.15, 0.2) is 35.7 Å². The zero-order valence-electron chi connectivity index (χ0n) is 11.1. The molecule has 1 heterocycles. The molecule has 5 heteroatoms. The Kier molecular flexibility index (Phi) is 8.20. The molecule has 0 aliphatic heterocycles. The predicted molar refractivity (Wildman–Crippen MR) is 74.1 cm³/mol. The van der Waals surface area contributed by atoms with Crippen LogP contribution in [0.25, 0.3) is 0 Å². The van der Waals surface area contributed by atoms with E-state index in [-0.39, 0.29) is 23.0 Å². The van der Waals surface area contributed by atoms with Crippen LogP contribution in [0.5, 0.6) is 0 Å². The smallest absolute Gasteiger partial charge is 0.269 e. The van der Waals surface area contributed by atoms with Crippen LogP contribution in [0.4, 0.5) is 0 Å². The molecule has 0 unspecified atom stereocenters. The molecule has 0 bridgehead atoms. The number of hydrogen-bond donors (Lipinski definition) is 1.